The van der Waals surface area contributed by atoms with Crippen molar-refractivity contribution in [2.45, 2.75) is 0 Å². The fraction of sp³-hybridized carbons (Fsp3) is 0. The van der Waals surface area contributed by atoms with Gasteiger partial charge in [0, 0.05) is 16.2 Å². The molecule has 0 aliphatic carbocycles. The van der Waals surface area contributed by atoms with Gasteiger partial charge in [-0.15, -0.1) is 0 Å². The van der Waals surface area contributed by atoms with Crippen LogP contribution < -0.4 is 10.5 Å². The van der Waals surface area contributed by atoms with E-state index in [-0.39, 0.29) is 11.3 Å². The topological polar surface area (TPSA) is 69.6 Å². The van der Waals surface area contributed by atoms with Crippen LogP contribution in [-0.4, -0.2) is 15.5 Å². The van der Waals surface area contributed by atoms with Gasteiger partial charge in [0.05, 0.1) is 6.20 Å². The zero-order valence-corrected chi connectivity index (χ0v) is 12.2. The Bertz CT molecular complexity index is 847. The molecule has 0 saturated heterocycles. The van der Waals surface area contributed by atoms with Crippen LogP contribution in [0, 0.1) is 5.82 Å². The highest BCUT2D eigenvalue weighted by atomic mass is 79.9. The monoisotopic (exact) mass is 349 g/mol. The SMILES string of the molecule is NC(=O)c1ccc(Oc2cc(Br)cn3nccc23)c(F)c1. The van der Waals surface area contributed by atoms with Crippen LogP contribution in [0.15, 0.2) is 47.2 Å². The maximum Gasteiger partial charge on any atom is 0.248 e. The van der Waals surface area contributed by atoms with Crippen LogP contribution in [0.2, 0.25) is 0 Å². The van der Waals surface area contributed by atoms with Crippen LogP contribution in [0.1, 0.15) is 10.4 Å². The molecule has 2 N–H and O–H groups in total. The summed E-state index contributed by atoms with van der Waals surface area (Å²) < 4.78 is 21.9. The van der Waals surface area contributed by atoms with Crippen LogP contribution in [0.5, 0.6) is 11.5 Å². The largest absolute Gasteiger partial charge is 0.452 e. The molecule has 1 aromatic carbocycles. The molecule has 0 radical (unpaired) electrons. The number of carbonyl (C=O) groups excluding carboxylic acids is 1. The molecule has 3 rings (SSSR count). The summed E-state index contributed by atoms with van der Waals surface area (Å²) in [4.78, 5) is 11.0. The van der Waals surface area contributed by atoms with E-state index >= 15 is 0 Å². The number of nitrogens with two attached hydrogens (primary N) is 1. The average molecular weight is 350 g/mol. The molecule has 5 nitrogen and oxygen atoms in total. The average Bonchev–Trinajstić information content (AvgIpc) is 2.88. The third kappa shape index (κ3) is 2.59. The molecule has 0 aliphatic rings. The molecule has 106 valence electrons. The highest BCUT2D eigenvalue weighted by Gasteiger charge is 2.12. The normalized spacial score (nSPS) is 10.8. The van der Waals surface area contributed by atoms with Gasteiger partial charge in [-0.05, 0) is 46.3 Å². The number of primary amides is 1. The fourth-order valence-electron chi connectivity index (χ4n) is 1.90. The lowest BCUT2D eigenvalue weighted by Crippen LogP contribution is -2.11. The highest BCUT2D eigenvalue weighted by molar-refractivity contribution is 9.10. The number of amides is 1. The minimum absolute atomic E-state index is 0.00111. The molecule has 2 aromatic heterocycles. The maximum atomic E-state index is 14.0. The number of pyridine rings is 1. The Balaban J connectivity index is 2.02. The van der Waals surface area contributed by atoms with Crippen molar-refractivity contribution >= 4 is 27.4 Å². The van der Waals surface area contributed by atoms with Gasteiger partial charge in [-0.25, -0.2) is 8.91 Å². The van der Waals surface area contributed by atoms with Crippen molar-refractivity contribution in [1.29, 1.82) is 0 Å². The van der Waals surface area contributed by atoms with Crippen molar-refractivity contribution in [2.24, 2.45) is 5.73 Å². The molecule has 0 bridgehead atoms. The lowest BCUT2D eigenvalue weighted by atomic mass is 10.2. The van der Waals surface area contributed by atoms with Crippen LogP contribution in [-0.2, 0) is 0 Å². The van der Waals surface area contributed by atoms with E-state index in [9.17, 15) is 9.18 Å². The standard InChI is InChI=1S/C14H9BrFN3O2/c15-9-6-13(11-3-4-18-19(11)7-9)21-12-2-1-8(14(17)20)5-10(12)16/h1-7H,(H2,17,20). The second kappa shape index (κ2) is 5.17. The first-order valence-electron chi connectivity index (χ1n) is 5.95. The molecule has 7 heteroatoms. The van der Waals surface area contributed by atoms with Crippen molar-refractivity contribution < 1.29 is 13.9 Å². The maximum absolute atomic E-state index is 14.0. The van der Waals surface area contributed by atoms with E-state index in [1.165, 1.54) is 12.1 Å². The van der Waals surface area contributed by atoms with Gasteiger partial charge in [0.1, 0.15) is 5.52 Å². The molecule has 2 heterocycles. The number of hydrogen-bond acceptors (Lipinski definition) is 3. The molecule has 0 unspecified atom stereocenters. The predicted molar refractivity (Wildman–Crippen MR) is 77.9 cm³/mol. The molecule has 1 amide bonds. The number of hydrogen-bond donors (Lipinski definition) is 1. The third-order valence-corrected chi connectivity index (χ3v) is 3.31. The van der Waals surface area contributed by atoms with Crippen LogP contribution in [0.3, 0.4) is 0 Å². The lowest BCUT2D eigenvalue weighted by Gasteiger charge is -2.09. The van der Waals surface area contributed by atoms with E-state index in [2.05, 4.69) is 21.0 Å². The number of nitrogens with zero attached hydrogens (tertiary/aromatic N) is 2. The first-order chi connectivity index (χ1) is 10.0. The van der Waals surface area contributed by atoms with E-state index in [0.717, 1.165) is 10.5 Å². The number of carbonyl (C=O) groups is 1. The van der Waals surface area contributed by atoms with Crippen LogP contribution >= 0.6 is 15.9 Å². The smallest absolute Gasteiger partial charge is 0.248 e. The Labute approximate surface area is 127 Å². The van der Waals surface area contributed by atoms with E-state index in [1.807, 2.05) is 0 Å². The Hall–Kier alpha value is -2.41. The Kier molecular flexibility index (Phi) is 3.34. The first kappa shape index (κ1) is 13.6. The summed E-state index contributed by atoms with van der Waals surface area (Å²) >= 11 is 3.33. The molecular weight excluding hydrogens is 341 g/mol. The lowest BCUT2D eigenvalue weighted by molar-refractivity contribution is 0.1000. The fourth-order valence-corrected chi connectivity index (χ4v) is 2.30. The first-order valence-corrected chi connectivity index (χ1v) is 6.74. The van der Waals surface area contributed by atoms with E-state index in [1.54, 1.807) is 29.0 Å². The number of rotatable bonds is 3. The minimum Gasteiger partial charge on any atom is -0.452 e. The van der Waals surface area contributed by atoms with E-state index in [4.69, 9.17) is 10.5 Å². The van der Waals surface area contributed by atoms with Crippen LogP contribution in [0.4, 0.5) is 4.39 Å². The molecule has 21 heavy (non-hydrogen) atoms. The summed E-state index contributed by atoms with van der Waals surface area (Å²) in [6.45, 7) is 0. The summed E-state index contributed by atoms with van der Waals surface area (Å²) in [5, 5.41) is 4.09. The second-order valence-corrected chi connectivity index (χ2v) is 5.21. The highest BCUT2D eigenvalue weighted by Crippen LogP contribution is 2.30. The number of ether oxygens (including phenoxy) is 1. The Morgan fingerprint density at radius 1 is 1.29 bits per heavy atom. The summed E-state index contributed by atoms with van der Waals surface area (Å²) in [6.07, 6.45) is 3.37. The molecular formula is C14H9BrFN3O2. The van der Waals surface area contributed by atoms with Crippen molar-refractivity contribution in [3.8, 4) is 11.5 Å². The van der Waals surface area contributed by atoms with Crippen molar-refractivity contribution in [1.82, 2.24) is 9.61 Å². The van der Waals surface area contributed by atoms with Gasteiger partial charge in [-0.2, -0.15) is 5.10 Å². The van der Waals surface area contributed by atoms with Crippen molar-refractivity contribution in [3.05, 3.63) is 58.6 Å². The van der Waals surface area contributed by atoms with Gasteiger partial charge in [0.2, 0.25) is 5.91 Å². The van der Waals surface area contributed by atoms with Crippen molar-refractivity contribution in [2.75, 3.05) is 0 Å². The third-order valence-electron chi connectivity index (χ3n) is 2.87. The van der Waals surface area contributed by atoms with Crippen LogP contribution in [0.25, 0.3) is 5.52 Å². The molecule has 0 spiro atoms. The Morgan fingerprint density at radius 2 is 2.10 bits per heavy atom. The molecule has 0 fully saturated rings. The van der Waals surface area contributed by atoms with Gasteiger partial charge < -0.3 is 10.5 Å². The van der Waals surface area contributed by atoms with Gasteiger partial charge in [-0.1, -0.05) is 0 Å². The predicted octanol–water partition coefficient (Wildman–Crippen LogP) is 3.13. The Morgan fingerprint density at radius 3 is 2.81 bits per heavy atom. The molecule has 0 aliphatic heterocycles. The van der Waals surface area contributed by atoms with E-state index < -0.39 is 11.7 Å². The number of benzene rings is 1. The summed E-state index contributed by atoms with van der Waals surface area (Å²) in [5.41, 5.74) is 5.88. The van der Waals surface area contributed by atoms with Gasteiger partial charge in [0.15, 0.2) is 17.3 Å². The minimum atomic E-state index is -0.693. The zero-order valence-electron chi connectivity index (χ0n) is 10.6. The zero-order chi connectivity index (χ0) is 15.0. The molecule has 0 atom stereocenters. The summed E-state index contributed by atoms with van der Waals surface area (Å²) in [5.74, 6) is -0.918. The quantitative estimate of drug-likeness (QED) is 0.789. The molecule has 3 aromatic rings. The molecule has 0 saturated carbocycles. The van der Waals surface area contributed by atoms with Gasteiger partial charge in [0.25, 0.3) is 0 Å². The van der Waals surface area contributed by atoms with Gasteiger partial charge in [-0.3, -0.25) is 4.79 Å². The van der Waals surface area contributed by atoms with Crippen molar-refractivity contribution in [3.63, 3.8) is 0 Å². The van der Waals surface area contributed by atoms with Gasteiger partial charge >= 0.3 is 0 Å². The number of fused-ring (bicyclic) bond motifs is 1. The second-order valence-electron chi connectivity index (χ2n) is 4.30. The van der Waals surface area contributed by atoms with E-state index in [0.29, 0.717) is 11.3 Å². The number of halogens is 2. The number of aromatic nitrogens is 2. The summed E-state index contributed by atoms with van der Waals surface area (Å²) in [7, 11) is 0. The summed E-state index contributed by atoms with van der Waals surface area (Å²) in [6, 6.07) is 7.27.